The number of aliphatic hydroxyl groups is 1. The van der Waals surface area contributed by atoms with Gasteiger partial charge < -0.3 is 25.7 Å². The van der Waals surface area contributed by atoms with E-state index in [-0.39, 0.29) is 25.0 Å². The van der Waals surface area contributed by atoms with E-state index >= 15 is 0 Å². The van der Waals surface area contributed by atoms with Crippen molar-refractivity contribution >= 4 is 12.0 Å². The van der Waals surface area contributed by atoms with Crippen molar-refractivity contribution in [2.75, 3.05) is 26.2 Å². The molecule has 0 radical (unpaired) electrons. The number of nitrogens with one attached hydrogen (secondary N) is 2. The van der Waals surface area contributed by atoms with Crippen LogP contribution in [0.4, 0.5) is 4.79 Å². The lowest BCUT2D eigenvalue weighted by Gasteiger charge is -2.32. The van der Waals surface area contributed by atoms with Crippen molar-refractivity contribution in [2.45, 2.75) is 44.8 Å². The summed E-state index contributed by atoms with van der Waals surface area (Å²) in [6.07, 6.45) is 1.60. The van der Waals surface area contributed by atoms with E-state index in [1.165, 1.54) is 0 Å². The van der Waals surface area contributed by atoms with Crippen molar-refractivity contribution in [2.24, 2.45) is 0 Å². The molecule has 1 aliphatic rings. The molecule has 4 N–H and O–H groups in total. The number of carbonyl (C=O) groups is 2. The van der Waals surface area contributed by atoms with Crippen LogP contribution in [0.25, 0.3) is 0 Å². The lowest BCUT2D eigenvalue weighted by atomic mass is 10.1. The third-order valence-corrected chi connectivity index (χ3v) is 3.45. The van der Waals surface area contributed by atoms with Gasteiger partial charge in [0.2, 0.25) is 0 Å². The number of hydrogen-bond acceptors (Lipinski definition) is 4. The summed E-state index contributed by atoms with van der Waals surface area (Å²) >= 11 is 0. The van der Waals surface area contributed by atoms with Crippen LogP contribution in [0.15, 0.2) is 0 Å². The summed E-state index contributed by atoms with van der Waals surface area (Å²) in [4.78, 5) is 24.4. The van der Waals surface area contributed by atoms with Gasteiger partial charge in [-0.1, -0.05) is 6.92 Å². The molecule has 0 unspecified atom stereocenters. The van der Waals surface area contributed by atoms with Gasteiger partial charge in [0.1, 0.15) is 0 Å². The molecule has 116 valence electrons. The Morgan fingerprint density at radius 2 is 2.00 bits per heavy atom. The number of aliphatic hydroxyl groups excluding tert-OH is 1. The SMILES string of the molecule is CCCN1CCC(NC(=O)NCC[C@H](O)C(=O)O)CC1. The second-order valence-electron chi connectivity index (χ2n) is 5.16. The van der Waals surface area contributed by atoms with Crippen LogP contribution in [0, 0.1) is 0 Å². The zero-order chi connectivity index (χ0) is 15.0. The molecule has 1 rings (SSSR count). The average Bonchev–Trinajstić information content (AvgIpc) is 2.41. The van der Waals surface area contributed by atoms with Gasteiger partial charge in [0, 0.05) is 32.1 Å². The number of carboxylic acid groups (broad SMARTS) is 1. The molecule has 1 atom stereocenters. The fraction of sp³-hybridized carbons (Fsp3) is 0.846. The molecular weight excluding hydrogens is 262 g/mol. The van der Waals surface area contributed by atoms with E-state index in [9.17, 15) is 9.59 Å². The molecule has 0 aromatic rings. The highest BCUT2D eigenvalue weighted by Crippen LogP contribution is 2.10. The molecule has 0 aromatic carbocycles. The van der Waals surface area contributed by atoms with Gasteiger partial charge in [-0.05, 0) is 25.8 Å². The lowest BCUT2D eigenvalue weighted by molar-refractivity contribution is -0.146. The summed E-state index contributed by atoms with van der Waals surface area (Å²) in [5, 5.41) is 23.0. The summed E-state index contributed by atoms with van der Waals surface area (Å²) < 4.78 is 0. The van der Waals surface area contributed by atoms with Crippen molar-refractivity contribution < 1.29 is 19.8 Å². The third kappa shape index (κ3) is 6.21. The van der Waals surface area contributed by atoms with Crippen molar-refractivity contribution in [1.82, 2.24) is 15.5 Å². The Labute approximate surface area is 119 Å². The molecule has 0 aromatic heterocycles. The van der Waals surface area contributed by atoms with E-state index in [1.807, 2.05) is 0 Å². The molecule has 0 bridgehead atoms. The molecule has 0 spiro atoms. The van der Waals surface area contributed by atoms with Crippen LogP contribution < -0.4 is 10.6 Å². The molecule has 2 amide bonds. The molecule has 0 aliphatic carbocycles. The Morgan fingerprint density at radius 3 is 2.55 bits per heavy atom. The van der Waals surface area contributed by atoms with E-state index in [0.717, 1.165) is 38.9 Å². The molecule has 1 fully saturated rings. The summed E-state index contributed by atoms with van der Waals surface area (Å²) in [5.41, 5.74) is 0. The number of carboxylic acids is 1. The molecule has 7 nitrogen and oxygen atoms in total. The number of amides is 2. The van der Waals surface area contributed by atoms with Crippen molar-refractivity contribution in [3.8, 4) is 0 Å². The van der Waals surface area contributed by atoms with Gasteiger partial charge in [-0.25, -0.2) is 9.59 Å². The van der Waals surface area contributed by atoms with Crippen LogP contribution in [0.2, 0.25) is 0 Å². The van der Waals surface area contributed by atoms with Crippen LogP contribution in [-0.4, -0.2) is 65.4 Å². The summed E-state index contributed by atoms with van der Waals surface area (Å²) in [7, 11) is 0. The zero-order valence-corrected chi connectivity index (χ0v) is 12.0. The molecule has 1 saturated heterocycles. The maximum Gasteiger partial charge on any atom is 0.332 e. The maximum atomic E-state index is 11.6. The van der Waals surface area contributed by atoms with Crippen LogP contribution >= 0.6 is 0 Å². The van der Waals surface area contributed by atoms with Crippen LogP contribution in [0.3, 0.4) is 0 Å². The fourth-order valence-electron chi connectivity index (χ4n) is 2.30. The van der Waals surface area contributed by atoms with Crippen LogP contribution in [0.1, 0.15) is 32.6 Å². The van der Waals surface area contributed by atoms with Crippen LogP contribution in [-0.2, 0) is 4.79 Å². The molecular formula is C13H25N3O4. The largest absolute Gasteiger partial charge is 0.479 e. The number of hydrogen-bond donors (Lipinski definition) is 4. The predicted molar refractivity (Wildman–Crippen MR) is 74.5 cm³/mol. The second-order valence-corrected chi connectivity index (χ2v) is 5.16. The Kier molecular flexibility index (Phi) is 7.32. The van der Waals surface area contributed by atoms with Crippen molar-refractivity contribution in [3.05, 3.63) is 0 Å². The van der Waals surface area contributed by atoms with Gasteiger partial charge in [-0.15, -0.1) is 0 Å². The first-order chi connectivity index (χ1) is 9.52. The number of urea groups is 1. The van der Waals surface area contributed by atoms with Gasteiger partial charge in [0.05, 0.1) is 0 Å². The van der Waals surface area contributed by atoms with E-state index in [0.29, 0.717) is 0 Å². The minimum atomic E-state index is -1.42. The van der Waals surface area contributed by atoms with Crippen LogP contribution in [0.5, 0.6) is 0 Å². The minimum absolute atomic E-state index is 0.0116. The quantitative estimate of drug-likeness (QED) is 0.528. The number of likely N-dealkylation sites (tertiary alicyclic amines) is 1. The lowest BCUT2D eigenvalue weighted by Crippen LogP contribution is -2.48. The normalized spacial score (nSPS) is 18.5. The average molecular weight is 287 g/mol. The predicted octanol–water partition coefficient (Wildman–Crippen LogP) is -0.00440. The minimum Gasteiger partial charge on any atom is -0.479 e. The molecule has 20 heavy (non-hydrogen) atoms. The first-order valence-electron chi connectivity index (χ1n) is 7.20. The summed E-state index contributed by atoms with van der Waals surface area (Å²) in [6.45, 7) is 5.40. The van der Waals surface area contributed by atoms with E-state index < -0.39 is 12.1 Å². The summed E-state index contributed by atoms with van der Waals surface area (Å²) in [5.74, 6) is -1.27. The third-order valence-electron chi connectivity index (χ3n) is 3.45. The monoisotopic (exact) mass is 287 g/mol. The maximum absolute atomic E-state index is 11.6. The van der Waals surface area contributed by atoms with Crippen molar-refractivity contribution in [1.29, 1.82) is 0 Å². The number of rotatable bonds is 7. The standard InChI is InChI=1S/C13H25N3O4/c1-2-7-16-8-4-10(5-9-16)15-13(20)14-6-3-11(17)12(18)19/h10-11,17H,2-9H2,1H3,(H,18,19)(H2,14,15,20)/t11-/m0/s1. The van der Waals surface area contributed by atoms with Gasteiger partial charge in [-0.2, -0.15) is 0 Å². The highest BCUT2D eigenvalue weighted by molar-refractivity contribution is 5.74. The molecule has 0 saturated carbocycles. The number of aliphatic carboxylic acids is 1. The van der Waals surface area contributed by atoms with Crippen molar-refractivity contribution in [3.63, 3.8) is 0 Å². The number of nitrogens with zero attached hydrogens (tertiary/aromatic N) is 1. The first-order valence-corrected chi connectivity index (χ1v) is 7.20. The number of piperidine rings is 1. The fourth-order valence-corrected chi connectivity index (χ4v) is 2.30. The topological polar surface area (TPSA) is 102 Å². The van der Waals surface area contributed by atoms with Gasteiger partial charge in [0.25, 0.3) is 0 Å². The number of carbonyl (C=O) groups excluding carboxylic acids is 1. The highest BCUT2D eigenvalue weighted by atomic mass is 16.4. The van der Waals surface area contributed by atoms with E-state index in [4.69, 9.17) is 10.2 Å². The van der Waals surface area contributed by atoms with E-state index in [1.54, 1.807) is 0 Å². The molecule has 7 heteroatoms. The zero-order valence-electron chi connectivity index (χ0n) is 12.0. The van der Waals surface area contributed by atoms with Gasteiger partial charge in [-0.3, -0.25) is 0 Å². The summed E-state index contributed by atoms with van der Waals surface area (Å²) in [6, 6.07) is -0.121. The molecule has 1 aliphatic heterocycles. The molecule has 1 heterocycles. The Hall–Kier alpha value is -1.34. The van der Waals surface area contributed by atoms with E-state index in [2.05, 4.69) is 22.5 Å². The Balaban J connectivity index is 2.12. The second kappa shape index (κ2) is 8.76. The first kappa shape index (κ1) is 16.7. The smallest absolute Gasteiger partial charge is 0.332 e. The Bertz CT molecular complexity index is 317. The highest BCUT2D eigenvalue weighted by Gasteiger charge is 2.20. The van der Waals surface area contributed by atoms with Gasteiger partial charge >= 0.3 is 12.0 Å². The Morgan fingerprint density at radius 1 is 1.35 bits per heavy atom. The van der Waals surface area contributed by atoms with Gasteiger partial charge in [0.15, 0.2) is 6.10 Å².